The van der Waals surface area contributed by atoms with E-state index in [1.165, 1.54) is 0 Å². The van der Waals surface area contributed by atoms with Crippen molar-refractivity contribution in [2.75, 3.05) is 12.4 Å². The van der Waals surface area contributed by atoms with Crippen LogP contribution in [0.1, 0.15) is 11.1 Å². The lowest BCUT2D eigenvalue weighted by molar-refractivity contribution is 0.251. The van der Waals surface area contributed by atoms with Gasteiger partial charge in [-0.25, -0.2) is 4.79 Å². The second-order valence-corrected chi connectivity index (χ2v) is 5.92. The monoisotopic (exact) mass is 373 g/mol. The molecule has 3 rings (SSSR count). The summed E-state index contributed by atoms with van der Waals surface area (Å²) in [7, 11) is 1.61. The number of hydrogen-bond donors (Lipinski definition) is 2. The Balaban J connectivity index is 1.51. The number of benzene rings is 3. The smallest absolute Gasteiger partial charge is 0.319 e. The van der Waals surface area contributed by atoms with Gasteiger partial charge >= 0.3 is 6.03 Å². The summed E-state index contributed by atoms with van der Waals surface area (Å²) < 4.78 is 10.9. The van der Waals surface area contributed by atoms with E-state index < -0.39 is 0 Å². The van der Waals surface area contributed by atoms with E-state index in [-0.39, 0.29) is 6.03 Å². The van der Waals surface area contributed by atoms with Crippen molar-refractivity contribution in [1.82, 2.24) is 5.32 Å². The molecule has 0 aliphatic heterocycles. The third-order valence-corrected chi connectivity index (χ3v) is 3.92. The molecule has 0 atom stereocenters. The molecule has 0 aliphatic carbocycles. The molecule has 28 heavy (non-hydrogen) atoms. The first-order valence-corrected chi connectivity index (χ1v) is 8.62. The van der Waals surface area contributed by atoms with Crippen LogP contribution < -0.4 is 20.1 Å². The second-order valence-electron chi connectivity index (χ2n) is 5.92. The van der Waals surface area contributed by atoms with E-state index >= 15 is 0 Å². The fourth-order valence-electron chi connectivity index (χ4n) is 2.48. The summed E-state index contributed by atoms with van der Waals surface area (Å²) in [6, 6.07) is 23.2. The summed E-state index contributed by atoms with van der Waals surface area (Å²) in [5.41, 5.74) is 2.17. The molecular formula is C22H19N3O3. The Bertz CT molecular complexity index is 977. The summed E-state index contributed by atoms with van der Waals surface area (Å²) in [4.78, 5) is 12.1. The van der Waals surface area contributed by atoms with Crippen LogP contribution in [0.2, 0.25) is 0 Å². The quantitative estimate of drug-likeness (QED) is 0.657. The van der Waals surface area contributed by atoms with Crippen LogP contribution in [-0.2, 0) is 6.54 Å². The van der Waals surface area contributed by atoms with Crippen LogP contribution in [0.15, 0.2) is 72.8 Å². The van der Waals surface area contributed by atoms with Crippen molar-refractivity contribution in [3.63, 3.8) is 0 Å². The third-order valence-electron chi connectivity index (χ3n) is 3.92. The first-order valence-electron chi connectivity index (χ1n) is 8.62. The van der Waals surface area contributed by atoms with Gasteiger partial charge in [0.05, 0.1) is 18.7 Å². The Morgan fingerprint density at radius 3 is 2.29 bits per heavy atom. The van der Waals surface area contributed by atoms with Crippen LogP contribution >= 0.6 is 0 Å². The van der Waals surface area contributed by atoms with E-state index in [0.29, 0.717) is 29.3 Å². The third kappa shape index (κ3) is 5.26. The first kappa shape index (κ1) is 18.8. The molecule has 0 heterocycles. The second kappa shape index (κ2) is 9.10. The summed E-state index contributed by atoms with van der Waals surface area (Å²) in [6.45, 7) is 0.392. The molecule has 0 aromatic heterocycles. The lowest BCUT2D eigenvalue weighted by Gasteiger charge is -2.10. The topological polar surface area (TPSA) is 83.4 Å². The lowest BCUT2D eigenvalue weighted by Crippen LogP contribution is -2.28. The maximum atomic E-state index is 12.1. The molecule has 0 saturated heterocycles. The van der Waals surface area contributed by atoms with Crippen LogP contribution in [0.5, 0.6) is 17.2 Å². The molecule has 140 valence electrons. The molecule has 0 spiro atoms. The minimum Gasteiger partial charge on any atom is -0.497 e. The Morgan fingerprint density at radius 1 is 0.964 bits per heavy atom. The maximum Gasteiger partial charge on any atom is 0.319 e. The van der Waals surface area contributed by atoms with E-state index in [4.69, 9.17) is 14.7 Å². The highest BCUT2D eigenvalue weighted by Crippen LogP contribution is 2.23. The lowest BCUT2D eigenvalue weighted by atomic mass is 10.2. The van der Waals surface area contributed by atoms with Gasteiger partial charge in [0, 0.05) is 12.2 Å². The fraction of sp³-hybridized carbons (Fsp3) is 0.0909. The summed E-state index contributed by atoms with van der Waals surface area (Å²) in [5, 5.41) is 14.4. The van der Waals surface area contributed by atoms with Gasteiger partial charge in [0.2, 0.25) is 0 Å². The molecule has 3 aromatic carbocycles. The van der Waals surface area contributed by atoms with Crippen LogP contribution in [0, 0.1) is 11.3 Å². The number of urea groups is 1. The minimum atomic E-state index is -0.302. The molecule has 0 unspecified atom stereocenters. The number of hydrogen-bond acceptors (Lipinski definition) is 4. The summed E-state index contributed by atoms with van der Waals surface area (Å²) >= 11 is 0. The van der Waals surface area contributed by atoms with Gasteiger partial charge in [-0.05, 0) is 66.2 Å². The molecule has 0 bridgehead atoms. The van der Waals surface area contributed by atoms with E-state index in [2.05, 4.69) is 16.7 Å². The number of amides is 2. The predicted molar refractivity (Wildman–Crippen MR) is 107 cm³/mol. The van der Waals surface area contributed by atoms with Gasteiger partial charge in [0.15, 0.2) is 0 Å². The van der Waals surface area contributed by atoms with Crippen molar-refractivity contribution in [1.29, 1.82) is 5.26 Å². The predicted octanol–water partition coefficient (Wildman–Crippen LogP) is 4.68. The van der Waals surface area contributed by atoms with Crippen molar-refractivity contribution in [3.8, 4) is 23.3 Å². The molecule has 0 saturated carbocycles. The van der Waals surface area contributed by atoms with Crippen molar-refractivity contribution >= 4 is 11.7 Å². The number of rotatable bonds is 6. The van der Waals surface area contributed by atoms with Gasteiger partial charge < -0.3 is 20.1 Å². The van der Waals surface area contributed by atoms with E-state index in [1.54, 1.807) is 55.6 Å². The maximum absolute atomic E-state index is 12.1. The number of nitriles is 1. The zero-order chi connectivity index (χ0) is 19.8. The summed E-state index contributed by atoms with van der Waals surface area (Å²) in [5.74, 6) is 2.01. The Kier molecular flexibility index (Phi) is 6.11. The average Bonchev–Trinajstić information content (AvgIpc) is 2.74. The zero-order valence-corrected chi connectivity index (χ0v) is 15.3. The van der Waals surface area contributed by atoms with Crippen molar-refractivity contribution in [2.45, 2.75) is 6.54 Å². The number of ether oxygens (including phenoxy) is 2. The Morgan fingerprint density at radius 2 is 1.64 bits per heavy atom. The fourth-order valence-corrected chi connectivity index (χ4v) is 2.48. The molecule has 0 radical (unpaired) electrons. The minimum absolute atomic E-state index is 0.302. The van der Waals surface area contributed by atoms with Gasteiger partial charge in [-0.15, -0.1) is 0 Å². The van der Waals surface area contributed by atoms with E-state index in [0.717, 1.165) is 11.3 Å². The van der Waals surface area contributed by atoms with Gasteiger partial charge in [0.25, 0.3) is 0 Å². The van der Waals surface area contributed by atoms with Gasteiger partial charge in [-0.2, -0.15) is 5.26 Å². The Labute approximate surface area is 163 Å². The molecule has 2 N–H and O–H groups in total. The molecule has 2 amide bonds. The highest BCUT2D eigenvalue weighted by molar-refractivity contribution is 5.89. The largest absolute Gasteiger partial charge is 0.497 e. The number of nitrogens with one attached hydrogen (secondary N) is 2. The molecule has 3 aromatic rings. The molecule has 0 aliphatic rings. The zero-order valence-electron chi connectivity index (χ0n) is 15.3. The van der Waals surface area contributed by atoms with Gasteiger partial charge in [-0.1, -0.05) is 12.1 Å². The molecular weight excluding hydrogens is 354 g/mol. The van der Waals surface area contributed by atoms with Gasteiger partial charge in [0.1, 0.15) is 17.2 Å². The van der Waals surface area contributed by atoms with Crippen molar-refractivity contribution < 1.29 is 14.3 Å². The Hall–Kier alpha value is -3.98. The van der Waals surface area contributed by atoms with Crippen LogP contribution in [0.3, 0.4) is 0 Å². The average molecular weight is 373 g/mol. The standard InChI is InChI=1S/C22H19N3O3/c1-27-21-4-2-3-17(13-21)15-24-22(26)25-18-7-11-20(12-8-18)28-19-9-5-16(14-23)6-10-19/h2-13H,15H2,1H3,(H2,24,25,26). The highest BCUT2D eigenvalue weighted by atomic mass is 16.5. The number of carbonyl (C=O) groups excluding carboxylic acids is 1. The van der Waals surface area contributed by atoms with Crippen LogP contribution in [0.25, 0.3) is 0 Å². The SMILES string of the molecule is COc1cccc(CNC(=O)Nc2ccc(Oc3ccc(C#N)cc3)cc2)c1. The highest BCUT2D eigenvalue weighted by Gasteiger charge is 2.04. The van der Waals surface area contributed by atoms with Crippen LogP contribution in [-0.4, -0.2) is 13.1 Å². The molecule has 6 heteroatoms. The van der Waals surface area contributed by atoms with Gasteiger partial charge in [-0.3, -0.25) is 0 Å². The number of anilines is 1. The van der Waals surface area contributed by atoms with E-state index in [9.17, 15) is 4.79 Å². The van der Waals surface area contributed by atoms with E-state index in [1.807, 2.05) is 24.3 Å². The normalized spacial score (nSPS) is 9.86. The summed E-state index contributed by atoms with van der Waals surface area (Å²) in [6.07, 6.45) is 0. The molecule has 0 fully saturated rings. The number of methoxy groups -OCH3 is 1. The molecule has 6 nitrogen and oxygen atoms in total. The first-order chi connectivity index (χ1) is 13.7. The number of nitrogens with zero attached hydrogens (tertiary/aromatic N) is 1. The number of carbonyl (C=O) groups is 1. The van der Waals surface area contributed by atoms with Crippen molar-refractivity contribution in [2.24, 2.45) is 0 Å². The van der Waals surface area contributed by atoms with Crippen molar-refractivity contribution in [3.05, 3.63) is 83.9 Å². The van der Waals surface area contributed by atoms with Crippen LogP contribution in [0.4, 0.5) is 10.5 Å².